The Morgan fingerprint density at radius 3 is 1.88 bits per heavy atom. The first-order valence-corrected chi connectivity index (χ1v) is 7.30. The van der Waals surface area contributed by atoms with Gasteiger partial charge in [0.25, 0.3) is 0 Å². The van der Waals surface area contributed by atoms with E-state index in [9.17, 15) is 0 Å². The van der Waals surface area contributed by atoms with Gasteiger partial charge in [-0.05, 0) is 30.6 Å². The first-order chi connectivity index (χ1) is 7.83. The van der Waals surface area contributed by atoms with E-state index in [2.05, 4.69) is 24.5 Å². The van der Waals surface area contributed by atoms with Gasteiger partial charge < -0.3 is 10.6 Å². The molecule has 0 bridgehead atoms. The molecule has 0 radical (unpaired) electrons. The first-order valence-electron chi connectivity index (χ1n) is 7.30. The van der Waals surface area contributed by atoms with Crippen LogP contribution in [0.15, 0.2) is 0 Å². The van der Waals surface area contributed by atoms with Crippen molar-refractivity contribution in [2.24, 2.45) is 17.8 Å². The van der Waals surface area contributed by atoms with E-state index in [0.29, 0.717) is 6.17 Å². The third-order valence-corrected chi connectivity index (χ3v) is 4.77. The smallest absolute Gasteiger partial charge is 0.0600 e. The van der Waals surface area contributed by atoms with Crippen LogP contribution >= 0.6 is 0 Å². The van der Waals surface area contributed by atoms with Gasteiger partial charge in [0.2, 0.25) is 0 Å². The predicted octanol–water partition coefficient (Wildman–Crippen LogP) is 2.75. The average Bonchev–Trinajstić information content (AvgIpc) is 2.39. The van der Waals surface area contributed by atoms with Gasteiger partial charge in [-0.1, -0.05) is 39.5 Å². The molecule has 94 valence electrons. The van der Waals surface area contributed by atoms with Gasteiger partial charge >= 0.3 is 0 Å². The molecule has 0 amide bonds. The van der Waals surface area contributed by atoms with E-state index in [1.807, 2.05) is 0 Å². The van der Waals surface area contributed by atoms with Crippen LogP contribution in [0.1, 0.15) is 52.4 Å². The van der Waals surface area contributed by atoms with Crippen molar-refractivity contribution in [3.8, 4) is 0 Å². The molecule has 1 aliphatic heterocycles. The quantitative estimate of drug-likeness (QED) is 0.770. The molecule has 1 saturated heterocycles. The minimum atomic E-state index is 0.612. The van der Waals surface area contributed by atoms with E-state index in [0.717, 1.165) is 17.8 Å². The lowest BCUT2D eigenvalue weighted by Crippen LogP contribution is -2.56. The summed E-state index contributed by atoms with van der Waals surface area (Å²) in [5.74, 6) is 2.76. The van der Waals surface area contributed by atoms with Crippen LogP contribution in [-0.4, -0.2) is 19.3 Å². The predicted molar refractivity (Wildman–Crippen MR) is 69.3 cm³/mol. The second kappa shape index (κ2) is 6.02. The van der Waals surface area contributed by atoms with Crippen LogP contribution in [0.25, 0.3) is 0 Å². The first kappa shape index (κ1) is 12.4. The molecule has 1 heterocycles. The van der Waals surface area contributed by atoms with Crippen LogP contribution in [0.4, 0.5) is 0 Å². The highest BCUT2D eigenvalue weighted by molar-refractivity contribution is 4.84. The Morgan fingerprint density at radius 2 is 1.38 bits per heavy atom. The molecule has 0 aromatic rings. The molecule has 0 aromatic carbocycles. The highest BCUT2D eigenvalue weighted by Crippen LogP contribution is 2.32. The van der Waals surface area contributed by atoms with Crippen molar-refractivity contribution in [2.75, 3.05) is 13.1 Å². The van der Waals surface area contributed by atoms with E-state index in [1.54, 1.807) is 0 Å². The minimum absolute atomic E-state index is 0.612. The maximum atomic E-state index is 3.71. The van der Waals surface area contributed by atoms with Gasteiger partial charge in [0.1, 0.15) is 0 Å². The summed E-state index contributed by atoms with van der Waals surface area (Å²) in [6.07, 6.45) is 9.07. The summed E-state index contributed by atoms with van der Waals surface area (Å²) in [6, 6.07) is 0. The second-order valence-corrected chi connectivity index (χ2v) is 5.76. The van der Waals surface area contributed by atoms with Gasteiger partial charge in [0.05, 0.1) is 6.17 Å². The molecule has 0 unspecified atom stereocenters. The molecular formula is C14H28N2. The Morgan fingerprint density at radius 1 is 0.812 bits per heavy atom. The number of hydrogen-bond donors (Lipinski definition) is 2. The summed E-state index contributed by atoms with van der Waals surface area (Å²) < 4.78 is 0. The van der Waals surface area contributed by atoms with Crippen molar-refractivity contribution in [3.63, 3.8) is 0 Å². The number of hydrogen-bond acceptors (Lipinski definition) is 2. The molecule has 0 spiro atoms. The Kier molecular flexibility index (Phi) is 4.66. The molecule has 16 heavy (non-hydrogen) atoms. The van der Waals surface area contributed by atoms with Crippen LogP contribution in [0, 0.1) is 17.8 Å². The zero-order valence-corrected chi connectivity index (χ0v) is 11.0. The van der Waals surface area contributed by atoms with E-state index in [4.69, 9.17) is 0 Å². The van der Waals surface area contributed by atoms with E-state index in [1.165, 1.54) is 51.6 Å². The van der Waals surface area contributed by atoms with Gasteiger partial charge in [-0.15, -0.1) is 0 Å². The van der Waals surface area contributed by atoms with Crippen molar-refractivity contribution < 1.29 is 0 Å². The Balaban J connectivity index is 1.73. The molecule has 2 fully saturated rings. The molecule has 1 saturated carbocycles. The topological polar surface area (TPSA) is 24.1 Å². The van der Waals surface area contributed by atoms with E-state index < -0.39 is 0 Å². The molecule has 2 rings (SSSR count). The second-order valence-electron chi connectivity index (χ2n) is 5.76. The van der Waals surface area contributed by atoms with E-state index in [-0.39, 0.29) is 0 Å². The summed E-state index contributed by atoms with van der Waals surface area (Å²) in [7, 11) is 0. The van der Waals surface area contributed by atoms with Crippen LogP contribution in [0.5, 0.6) is 0 Å². The number of nitrogens with one attached hydrogen (secondary N) is 2. The highest BCUT2D eigenvalue weighted by atomic mass is 15.2. The molecular weight excluding hydrogens is 196 g/mol. The van der Waals surface area contributed by atoms with E-state index >= 15 is 0 Å². The zero-order valence-electron chi connectivity index (χ0n) is 11.0. The van der Waals surface area contributed by atoms with Gasteiger partial charge in [0.15, 0.2) is 0 Å². The van der Waals surface area contributed by atoms with Gasteiger partial charge in [0, 0.05) is 13.1 Å². The molecule has 2 N–H and O–H groups in total. The van der Waals surface area contributed by atoms with Gasteiger partial charge in [-0.2, -0.15) is 0 Å². The Labute approximate surface area is 101 Å². The summed E-state index contributed by atoms with van der Waals surface area (Å²) in [5, 5.41) is 7.42. The SMILES string of the molecule is CCC1CCC(C2NCC(CC)CN2)CC1. The molecule has 2 heteroatoms. The largest absolute Gasteiger partial charge is 0.301 e. The third-order valence-electron chi connectivity index (χ3n) is 4.77. The van der Waals surface area contributed by atoms with Crippen molar-refractivity contribution in [3.05, 3.63) is 0 Å². The number of rotatable bonds is 3. The van der Waals surface area contributed by atoms with Crippen molar-refractivity contribution >= 4 is 0 Å². The third kappa shape index (κ3) is 2.98. The minimum Gasteiger partial charge on any atom is -0.301 e. The zero-order chi connectivity index (χ0) is 11.4. The van der Waals surface area contributed by atoms with Crippen molar-refractivity contribution in [2.45, 2.75) is 58.5 Å². The Bertz CT molecular complexity index is 167. The standard InChI is InChI=1S/C14H28N2/c1-3-11-5-7-13(8-6-11)14-15-9-12(4-2)10-16-14/h11-16H,3-10H2,1-2H3. The normalized spacial score (nSPS) is 40.9. The molecule has 0 aromatic heterocycles. The summed E-state index contributed by atoms with van der Waals surface area (Å²) in [5.41, 5.74) is 0. The van der Waals surface area contributed by atoms with Gasteiger partial charge in [-0.3, -0.25) is 0 Å². The van der Waals surface area contributed by atoms with Crippen LogP contribution < -0.4 is 10.6 Å². The summed E-state index contributed by atoms with van der Waals surface area (Å²) in [6.45, 7) is 7.08. The fourth-order valence-electron chi connectivity index (χ4n) is 3.28. The highest BCUT2D eigenvalue weighted by Gasteiger charge is 2.29. The lowest BCUT2D eigenvalue weighted by molar-refractivity contribution is 0.162. The van der Waals surface area contributed by atoms with Gasteiger partial charge in [-0.25, -0.2) is 0 Å². The summed E-state index contributed by atoms with van der Waals surface area (Å²) in [4.78, 5) is 0. The maximum absolute atomic E-state index is 3.71. The monoisotopic (exact) mass is 224 g/mol. The molecule has 0 atom stereocenters. The Hall–Kier alpha value is -0.0800. The van der Waals surface area contributed by atoms with Crippen molar-refractivity contribution in [1.82, 2.24) is 10.6 Å². The van der Waals surface area contributed by atoms with Crippen LogP contribution in [-0.2, 0) is 0 Å². The fourth-order valence-corrected chi connectivity index (χ4v) is 3.28. The molecule has 2 aliphatic rings. The van der Waals surface area contributed by atoms with Crippen molar-refractivity contribution in [1.29, 1.82) is 0 Å². The lowest BCUT2D eigenvalue weighted by atomic mass is 9.79. The fraction of sp³-hybridized carbons (Fsp3) is 1.00. The summed E-state index contributed by atoms with van der Waals surface area (Å²) >= 11 is 0. The van der Waals surface area contributed by atoms with Crippen LogP contribution in [0.3, 0.4) is 0 Å². The van der Waals surface area contributed by atoms with Crippen LogP contribution in [0.2, 0.25) is 0 Å². The lowest BCUT2D eigenvalue weighted by Gasteiger charge is -2.39. The maximum Gasteiger partial charge on any atom is 0.0600 e. The molecule has 2 nitrogen and oxygen atoms in total. The molecule has 1 aliphatic carbocycles. The average molecular weight is 224 g/mol.